The standard InChI is InChI=1S/C27H28O6S/c1-6-19-11-15-23(16-12-19)34(30,31)32-18-27(5,25(29)33-26(2,3)4)24(28)22-14-13-20-9-7-8-10-21(20)17-22/h6-17H,1,18H2,2-5H3. The van der Waals surface area contributed by atoms with Crippen molar-refractivity contribution in [1.29, 1.82) is 0 Å². The van der Waals surface area contributed by atoms with Gasteiger partial charge in [-0.15, -0.1) is 0 Å². The molecule has 0 aliphatic rings. The Labute approximate surface area is 200 Å². The van der Waals surface area contributed by atoms with E-state index >= 15 is 0 Å². The first-order chi connectivity index (χ1) is 15.9. The number of carbonyl (C=O) groups is 2. The van der Waals surface area contributed by atoms with Crippen molar-refractivity contribution in [3.05, 3.63) is 84.4 Å². The molecule has 3 aromatic rings. The Morgan fingerprint density at radius 3 is 2.12 bits per heavy atom. The molecule has 34 heavy (non-hydrogen) atoms. The van der Waals surface area contributed by atoms with E-state index in [9.17, 15) is 18.0 Å². The molecule has 0 aliphatic carbocycles. The molecule has 0 heterocycles. The molecular formula is C27H28O6S. The average molecular weight is 481 g/mol. The van der Waals surface area contributed by atoms with E-state index < -0.39 is 39.5 Å². The van der Waals surface area contributed by atoms with Crippen molar-refractivity contribution in [2.45, 2.75) is 38.2 Å². The number of carbonyl (C=O) groups excluding carboxylic acids is 2. The van der Waals surface area contributed by atoms with E-state index in [-0.39, 0.29) is 10.5 Å². The predicted molar refractivity (Wildman–Crippen MR) is 132 cm³/mol. The zero-order valence-electron chi connectivity index (χ0n) is 19.7. The van der Waals surface area contributed by atoms with E-state index in [1.807, 2.05) is 24.3 Å². The van der Waals surface area contributed by atoms with Crippen LogP contribution in [0.4, 0.5) is 0 Å². The molecule has 3 aromatic carbocycles. The van der Waals surface area contributed by atoms with Crippen molar-refractivity contribution < 1.29 is 26.9 Å². The highest BCUT2D eigenvalue weighted by molar-refractivity contribution is 7.86. The van der Waals surface area contributed by atoms with Crippen molar-refractivity contribution in [3.8, 4) is 0 Å². The van der Waals surface area contributed by atoms with Gasteiger partial charge in [0.05, 0.1) is 11.5 Å². The van der Waals surface area contributed by atoms with E-state index in [0.29, 0.717) is 0 Å². The molecule has 0 amide bonds. The van der Waals surface area contributed by atoms with Gasteiger partial charge in [0.25, 0.3) is 10.1 Å². The Kier molecular flexibility index (Phi) is 7.10. The summed E-state index contributed by atoms with van der Waals surface area (Å²) in [4.78, 5) is 26.7. The lowest BCUT2D eigenvalue weighted by Gasteiger charge is -2.30. The number of hydrogen-bond donors (Lipinski definition) is 0. The lowest BCUT2D eigenvalue weighted by atomic mass is 9.82. The molecule has 0 aliphatic heterocycles. The number of hydrogen-bond acceptors (Lipinski definition) is 6. The first-order valence-electron chi connectivity index (χ1n) is 10.7. The fraction of sp³-hybridized carbons (Fsp3) is 0.259. The van der Waals surface area contributed by atoms with Gasteiger partial charge in [-0.2, -0.15) is 8.42 Å². The molecule has 3 rings (SSSR count). The summed E-state index contributed by atoms with van der Waals surface area (Å²) >= 11 is 0. The van der Waals surface area contributed by atoms with Crippen LogP contribution in [0.3, 0.4) is 0 Å². The van der Waals surface area contributed by atoms with Crippen LogP contribution in [-0.2, 0) is 23.8 Å². The Hall–Kier alpha value is -3.29. The third kappa shape index (κ3) is 5.61. The summed E-state index contributed by atoms with van der Waals surface area (Å²) in [5.41, 5.74) is -1.79. The molecule has 0 spiro atoms. The summed E-state index contributed by atoms with van der Waals surface area (Å²) in [6.45, 7) is 9.28. The van der Waals surface area contributed by atoms with Gasteiger partial charge >= 0.3 is 5.97 Å². The average Bonchev–Trinajstić information content (AvgIpc) is 2.80. The molecule has 1 atom stereocenters. The van der Waals surface area contributed by atoms with Gasteiger partial charge < -0.3 is 4.74 Å². The van der Waals surface area contributed by atoms with Gasteiger partial charge in [-0.05, 0) is 62.2 Å². The molecule has 0 N–H and O–H groups in total. The minimum absolute atomic E-state index is 0.0946. The van der Waals surface area contributed by atoms with Gasteiger partial charge in [0, 0.05) is 5.56 Å². The minimum atomic E-state index is -4.24. The molecule has 0 saturated carbocycles. The third-order valence-electron chi connectivity index (χ3n) is 5.27. The minimum Gasteiger partial charge on any atom is -0.459 e. The first-order valence-corrected chi connectivity index (χ1v) is 12.2. The van der Waals surface area contributed by atoms with Gasteiger partial charge in [-0.3, -0.25) is 13.8 Å². The second-order valence-corrected chi connectivity index (χ2v) is 10.8. The quantitative estimate of drug-likeness (QED) is 0.185. The molecule has 0 fully saturated rings. The van der Waals surface area contributed by atoms with Crippen molar-refractivity contribution >= 4 is 38.7 Å². The van der Waals surface area contributed by atoms with Crippen molar-refractivity contribution in [2.24, 2.45) is 5.41 Å². The van der Waals surface area contributed by atoms with Crippen LogP contribution in [-0.4, -0.2) is 32.4 Å². The van der Waals surface area contributed by atoms with E-state index in [4.69, 9.17) is 8.92 Å². The van der Waals surface area contributed by atoms with Crippen LogP contribution >= 0.6 is 0 Å². The van der Waals surface area contributed by atoms with Crippen molar-refractivity contribution in [1.82, 2.24) is 0 Å². The fourth-order valence-corrected chi connectivity index (χ4v) is 4.29. The summed E-state index contributed by atoms with van der Waals surface area (Å²) in [7, 11) is -4.24. The zero-order valence-corrected chi connectivity index (χ0v) is 20.5. The highest BCUT2D eigenvalue weighted by Crippen LogP contribution is 2.30. The van der Waals surface area contributed by atoms with E-state index in [1.165, 1.54) is 19.1 Å². The maximum absolute atomic E-state index is 13.6. The topological polar surface area (TPSA) is 86.7 Å². The van der Waals surface area contributed by atoms with Crippen LogP contribution < -0.4 is 0 Å². The van der Waals surface area contributed by atoms with Gasteiger partial charge in [0.1, 0.15) is 5.60 Å². The molecule has 0 radical (unpaired) electrons. The molecule has 0 saturated heterocycles. The second-order valence-electron chi connectivity index (χ2n) is 9.21. The summed E-state index contributed by atoms with van der Waals surface area (Å²) in [6, 6.07) is 18.5. The smallest absolute Gasteiger partial charge is 0.322 e. The molecule has 6 nitrogen and oxygen atoms in total. The number of esters is 1. The Balaban J connectivity index is 1.96. The monoisotopic (exact) mass is 480 g/mol. The number of fused-ring (bicyclic) bond motifs is 1. The third-order valence-corrected chi connectivity index (χ3v) is 6.55. The first kappa shape index (κ1) is 25.3. The molecule has 0 bridgehead atoms. The van der Waals surface area contributed by atoms with Gasteiger partial charge in [-0.1, -0.05) is 61.2 Å². The van der Waals surface area contributed by atoms with Crippen LogP contribution in [0.5, 0.6) is 0 Å². The number of Topliss-reactive ketones (excluding diaryl/α,β-unsaturated/α-hetero) is 1. The number of ether oxygens (including phenoxy) is 1. The molecular weight excluding hydrogens is 452 g/mol. The molecule has 0 aromatic heterocycles. The Morgan fingerprint density at radius 1 is 0.912 bits per heavy atom. The maximum Gasteiger partial charge on any atom is 0.322 e. The van der Waals surface area contributed by atoms with Crippen molar-refractivity contribution in [2.75, 3.05) is 6.61 Å². The SMILES string of the molecule is C=Cc1ccc(S(=O)(=O)OCC(C)(C(=O)OC(C)(C)C)C(=O)c2ccc3ccccc3c2)cc1. The lowest BCUT2D eigenvalue weighted by Crippen LogP contribution is -2.45. The zero-order chi connectivity index (χ0) is 25.1. The molecule has 7 heteroatoms. The van der Waals surface area contributed by atoms with Gasteiger partial charge in [0.15, 0.2) is 11.2 Å². The van der Waals surface area contributed by atoms with Crippen LogP contribution in [0.2, 0.25) is 0 Å². The fourth-order valence-electron chi connectivity index (χ4n) is 3.29. The highest BCUT2D eigenvalue weighted by atomic mass is 32.2. The summed E-state index contributed by atoms with van der Waals surface area (Å²) in [6.07, 6.45) is 1.58. The van der Waals surface area contributed by atoms with Crippen LogP contribution in [0.1, 0.15) is 43.6 Å². The molecule has 1 unspecified atom stereocenters. The van der Waals surface area contributed by atoms with Crippen LogP contribution in [0.15, 0.2) is 78.2 Å². The number of rotatable bonds is 8. The van der Waals surface area contributed by atoms with Gasteiger partial charge in [-0.25, -0.2) is 0 Å². The summed E-state index contributed by atoms with van der Waals surface area (Å²) in [5, 5.41) is 1.75. The Morgan fingerprint density at radius 2 is 1.53 bits per heavy atom. The maximum atomic E-state index is 13.6. The van der Waals surface area contributed by atoms with Crippen LogP contribution in [0.25, 0.3) is 16.8 Å². The largest absolute Gasteiger partial charge is 0.459 e. The van der Waals surface area contributed by atoms with Gasteiger partial charge in [0.2, 0.25) is 0 Å². The molecule has 178 valence electrons. The Bertz CT molecular complexity index is 1330. The number of benzene rings is 3. The predicted octanol–water partition coefficient (Wildman–Crippen LogP) is 5.42. The van der Waals surface area contributed by atoms with E-state index in [1.54, 1.807) is 57.2 Å². The van der Waals surface area contributed by atoms with E-state index in [0.717, 1.165) is 16.3 Å². The highest BCUT2D eigenvalue weighted by Gasteiger charge is 2.46. The van der Waals surface area contributed by atoms with E-state index in [2.05, 4.69) is 6.58 Å². The summed E-state index contributed by atoms with van der Waals surface area (Å²) < 4.78 is 36.4. The second kappa shape index (κ2) is 9.52. The normalized spacial score (nSPS) is 13.8. The summed E-state index contributed by atoms with van der Waals surface area (Å²) in [5.74, 6) is -1.46. The van der Waals surface area contributed by atoms with Crippen LogP contribution in [0, 0.1) is 5.41 Å². The number of ketones is 1. The van der Waals surface area contributed by atoms with Crippen molar-refractivity contribution in [3.63, 3.8) is 0 Å². The lowest BCUT2D eigenvalue weighted by molar-refractivity contribution is -0.164.